The van der Waals surface area contributed by atoms with Gasteiger partial charge in [0.15, 0.2) is 0 Å². The molecule has 2 unspecified atom stereocenters. The summed E-state index contributed by atoms with van der Waals surface area (Å²) in [6.07, 6.45) is 1.01. The van der Waals surface area contributed by atoms with Gasteiger partial charge in [-0.1, -0.05) is 34.5 Å². The molecule has 5 heteroatoms. The molecular weight excluding hydrogens is 330 g/mol. The second-order valence-electron chi connectivity index (χ2n) is 4.88. The Bertz CT molecular complexity index is 481. The van der Waals surface area contributed by atoms with Crippen molar-refractivity contribution in [2.45, 2.75) is 18.2 Å². The molecule has 1 aliphatic rings. The number of benzene rings is 1. The number of rotatable bonds is 2. The quantitative estimate of drug-likeness (QED) is 0.766. The molecule has 2 rings (SSSR count). The van der Waals surface area contributed by atoms with E-state index in [4.69, 9.17) is 16.3 Å². The molecule has 1 aromatic carbocycles. The molecule has 0 bridgehead atoms. The van der Waals surface area contributed by atoms with Crippen LogP contribution in [0.4, 0.5) is 0 Å². The van der Waals surface area contributed by atoms with Crippen LogP contribution in [0.25, 0.3) is 0 Å². The van der Waals surface area contributed by atoms with Gasteiger partial charge in [0, 0.05) is 22.9 Å². The SMILES string of the molecule is COc1cc(Cl)ccc1C(=O)N1CCC(C)C(Br)C1. The van der Waals surface area contributed by atoms with Crippen LogP contribution in [0.1, 0.15) is 23.7 Å². The normalized spacial score (nSPS) is 23.3. The van der Waals surface area contributed by atoms with Gasteiger partial charge in [-0.15, -0.1) is 0 Å². The fourth-order valence-electron chi connectivity index (χ4n) is 2.22. The highest BCUT2D eigenvalue weighted by Gasteiger charge is 2.28. The number of alkyl halides is 1. The number of ether oxygens (including phenoxy) is 1. The van der Waals surface area contributed by atoms with Crippen LogP contribution < -0.4 is 4.74 Å². The van der Waals surface area contributed by atoms with Crippen molar-refractivity contribution in [1.29, 1.82) is 0 Å². The van der Waals surface area contributed by atoms with Crippen LogP contribution in [0.2, 0.25) is 5.02 Å². The van der Waals surface area contributed by atoms with Crippen molar-refractivity contribution in [3.05, 3.63) is 28.8 Å². The first-order valence-electron chi connectivity index (χ1n) is 6.29. The van der Waals surface area contributed by atoms with E-state index in [1.54, 1.807) is 25.3 Å². The molecule has 104 valence electrons. The van der Waals surface area contributed by atoms with Gasteiger partial charge in [0.1, 0.15) is 5.75 Å². The smallest absolute Gasteiger partial charge is 0.257 e. The molecule has 0 saturated carbocycles. The molecule has 19 heavy (non-hydrogen) atoms. The maximum absolute atomic E-state index is 12.5. The Balaban J connectivity index is 2.20. The van der Waals surface area contributed by atoms with Crippen LogP contribution in [-0.2, 0) is 0 Å². The van der Waals surface area contributed by atoms with E-state index in [-0.39, 0.29) is 5.91 Å². The van der Waals surface area contributed by atoms with E-state index < -0.39 is 0 Å². The molecule has 1 fully saturated rings. The van der Waals surface area contributed by atoms with Gasteiger partial charge < -0.3 is 9.64 Å². The average molecular weight is 347 g/mol. The maximum Gasteiger partial charge on any atom is 0.257 e. The minimum atomic E-state index is 0.00451. The first kappa shape index (κ1) is 14.7. The van der Waals surface area contributed by atoms with Gasteiger partial charge in [-0.25, -0.2) is 0 Å². The van der Waals surface area contributed by atoms with Gasteiger partial charge in [0.05, 0.1) is 12.7 Å². The zero-order chi connectivity index (χ0) is 14.0. The highest BCUT2D eigenvalue weighted by atomic mass is 79.9. The van der Waals surface area contributed by atoms with Crippen molar-refractivity contribution < 1.29 is 9.53 Å². The lowest BCUT2D eigenvalue weighted by molar-refractivity contribution is 0.0702. The van der Waals surface area contributed by atoms with Gasteiger partial charge in [-0.05, 0) is 30.5 Å². The molecule has 2 atom stereocenters. The minimum absolute atomic E-state index is 0.00451. The van der Waals surface area contributed by atoms with Crippen molar-refractivity contribution in [3.8, 4) is 5.75 Å². The highest BCUT2D eigenvalue weighted by Crippen LogP contribution is 2.28. The van der Waals surface area contributed by atoms with E-state index in [9.17, 15) is 4.79 Å². The number of likely N-dealkylation sites (tertiary alicyclic amines) is 1. The monoisotopic (exact) mass is 345 g/mol. The Hall–Kier alpha value is -0.740. The molecule has 1 saturated heterocycles. The van der Waals surface area contributed by atoms with Crippen molar-refractivity contribution in [1.82, 2.24) is 4.90 Å². The number of amides is 1. The van der Waals surface area contributed by atoms with E-state index in [0.29, 0.717) is 27.1 Å². The Morgan fingerprint density at radius 2 is 2.26 bits per heavy atom. The van der Waals surface area contributed by atoms with Crippen LogP contribution in [0.3, 0.4) is 0 Å². The third-order valence-electron chi connectivity index (χ3n) is 3.55. The summed E-state index contributed by atoms with van der Waals surface area (Å²) >= 11 is 9.55. The van der Waals surface area contributed by atoms with Crippen LogP contribution in [0.5, 0.6) is 5.75 Å². The van der Waals surface area contributed by atoms with Gasteiger partial charge in [0.25, 0.3) is 5.91 Å². The Morgan fingerprint density at radius 3 is 2.89 bits per heavy atom. The summed E-state index contributed by atoms with van der Waals surface area (Å²) in [5.74, 6) is 1.13. The number of halogens is 2. The summed E-state index contributed by atoms with van der Waals surface area (Å²) < 4.78 is 5.24. The maximum atomic E-state index is 12.5. The molecule has 0 N–H and O–H groups in total. The Labute approximate surface area is 127 Å². The Kier molecular flexibility index (Phi) is 4.74. The fourth-order valence-corrected chi connectivity index (χ4v) is 2.99. The predicted molar refractivity (Wildman–Crippen MR) is 80.4 cm³/mol. The molecule has 0 aromatic heterocycles. The second-order valence-corrected chi connectivity index (χ2v) is 6.49. The van der Waals surface area contributed by atoms with Crippen LogP contribution in [0.15, 0.2) is 18.2 Å². The first-order chi connectivity index (χ1) is 9.02. The lowest BCUT2D eigenvalue weighted by atomic mass is 9.98. The summed E-state index contributed by atoms with van der Waals surface area (Å²) in [5, 5.41) is 0.569. The van der Waals surface area contributed by atoms with Crippen molar-refractivity contribution in [2.75, 3.05) is 20.2 Å². The van der Waals surface area contributed by atoms with Gasteiger partial charge >= 0.3 is 0 Å². The largest absolute Gasteiger partial charge is 0.496 e. The zero-order valence-electron chi connectivity index (χ0n) is 11.0. The highest BCUT2D eigenvalue weighted by molar-refractivity contribution is 9.09. The lowest BCUT2D eigenvalue weighted by Crippen LogP contribution is -2.43. The number of carbonyl (C=O) groups excluding carboxylic acids is 1. The standard InChI is InChI=1S/C14H17BrClNO2/c1-9-5-6-17(8-12(9)15)14(18)11-4-3-10(16)7-13(11)19-2/h3-4,7,9,12H,5-6,8H2,1-2H3. The molecule has 0 spiro atoms. The number of carbonyl (C=O) groups is 1. The third kappa shape index (κ3) is 3.23. The summed E-state index contributed by atoms with van der Waals surface area (Å²) in [4.78, 5) is 14.7. The second kappa shape index (κ2) is 6.14. The first-order valence-corrected chi connectivity index (χ1v) is 7.59. The topological polar surface area (TPSA) is 29.5 Å². The van der Waals surface area contributed by atoms with E-state index in [2.05, 4.69) is 22.9 Å². The number of nitrogens with zero attached hydrogens (tertiary/aromatic N) is 1. The third-order valence-corrected chi connectivity index (χ3v) is 4.97. The molecule has 3 nitrogen and oxygen atoms in total. The average Bonchev–Trinajstić information content (AvgIpc) is 2.41. The number of methoxy groups -OCH3 is 1. The molecule has 1 heterocycles. The molecule has 1 aromatic rings. The molecule has 1 aliphatic heterocycles. The van der Waals surface area contributed by atoms with Gasteiger partial charge in [-0.2, -0.15) is 0 Å². The molecule has 0 aliphatic carbocycles. The summed E-state index contributed by atoms with van der Waals surface area (Å²) in [5.41, 5.74) is 0.571. The van der Waals surface area contributed by atoms with Gasteiger partial charge in [0.2, 0.25) is 0 Å². The van der Waals surface area contributed by atoms with Crippen LogP contribution >= 0.6 is 27.5 Å². The van der Waals surface area contributed by atoms with Crippen molar-refractivity contribution >= 4 is 33.4 Å². The van der Waals surface area contributed by atoms with Crippen molar-refractivity contribution in [3.63, 3.8) is 0 Å². The van der Waals surface area contributed by atoms with E-state index >= 15 is 0 Å². The minimum Gasteiger partial charge on any atom is -0.496 e. The number of piperidine rings is 1. The summed E-state index contributed by atoms with van der Waals surface area (Å²) in [7, 11) is 1.55. The van der Waals surface area contributed by atoms with Crippen LogP contribution in [-0.4, -0.2) is 35.8 Å². The van der Waals surface area contributed by atoms with E-state index in [1.165, 1.54) is 0 Å². The molecule has 1 amide bonds. The number of hydrogen-bond donors (Lipinski definition) is 0. The summed E-state index contributed by atoms with van der Waals surface area (Å²) in [6.45, 7) is 3.71. The van der Waals surface area contributed by atoms with Crippen molar-refractivity contribution in [2.24, 2.45) is 5.92 Å². The van der Waals surface area contributed by atoms with E-state index in [1.807, 2.05) is 4.90 Å². The molecule has 0 radical (unpaired) electrons. The number of hydrogen-bond acceptors (Lipinski definition) is 2. The van der Waals surface area contributed by atoms with Gasteiger partial charge in [-0.3, -0.25) is 4.79 Å². The zero-order valence-corrected chi connectivity index (χ0v) is 13.4. The van der Waals surface area contributed by atoms with E-state index in [0.717, 1.165) is 19.5 Å². The fraction of sp³-hybridized carbons (Fsp3) is 0.500. The predicted octanol–water partition coefficient (Wildman–Crippen LogP) is 3.59. The lowest BCUT2D eigenvalue weighted by Gasteiger charge is -2.34. The van der Waals surface area contributed by atoms with Crippen LogP contribution in [0, 0.1) is 5.92 Å². The Morgan fingerprint density at radius 1 is 1.53 bits per heavy atom. The molecular formula is C14H17BrClNO2. The summed E-state index contributed by atoms with van der Waals surface area (Å²) in [6, 6.07) is 5.12.